The SMILES string of the molecule is CCN(CC)c1ccc(C(=O)OCC(=O)Nc2ccc(Cl)cc2C)cc1. The first-order valence-corrected chi connectivity index (χ1v) is 8.90. The van der Waals surface area contributed by atoms with Crippen molar-refractivity contribution < 1.29 is 14.3 Å². The highest BCUT2D eigenvalue weighted by atomic mass is 35.5. The van der Waals surface area contributed by atoms with Crippen molar-refractivity contribution in [1.82, 2.24) is 0 Å². The largest absolute Gasteiger partial charge is 0.452 e. The zero-order valence-electron chi connectivity index (χ0n) is 15.2. The minimum atomic E-state index is -0.529. The summed E-state index contributed by atoms with van der Waals surface area (Å²) in [7, 11) is 0. The lowest BCUT2D eigenvalue weighted by Gasteiger charge is -2.20. The highest BCUT2D eigenvalue weighted by Crippen LogP contribution is 2.19. The maximum absolute atomic E-state index is 12.1. The van der Waals surface area contributed by atoms with Gasteiger partial charge in [0.2, 0.25) is 0 Å². The number of carbonyl (C=O) groups excluding carboxylic acids is 2. The first-order valence-electron chi connectivity index (χ1n) is 8.52. The fourth-order valence-corrected chi connectivity index (χ4v) is 2.79. The fourth-order valence-electron chi connectivity index (χ4n) is 2.57. The number of hydrogen-bond donors (Lipinski definition) is 1. The van der Waals surface area contributed by atoms with E-state index in [4.69, 9.17) is 16.3 Å². The molecule has 0 atom stereocenters. The summed E-state index contributed by atoms with van der Waals surface area (Å²) in [6, 6.07) is 12.3. The molecule has 0 bridgehead atoms. The molecular formula is C20H23ClN2O3. The van der Waals surface area contributed by atoms with Crippen molar-refractivity contribution in [1.29, 1.82) is 0 Å². The number of carbonyl (C=O) groups is 2. The van der Waals surface area contributed by atoms with Crippen LogP contribution in [-0.2, 0) is 9.53 Å². The molecule has 0 heterocycles. The second-order valence-electron chi connectivity index (χ2n) is 5.80. The Morgan fingerprint density at radius 1 is 1.08 bits per heavy atom. The van der Waals surface area contributed by atoms with Crippen LogP contribution in [0.2, 0.25) is 5.02 Å². The standard InChI is InChI=1S/C20H23ClN2O3/c1-4-23(5-2)17-9-6-15(7-10-17)20(25)26-13-19(24)22-18-11-8-16(21)12-14(18)3/h6-12H,4-5,13H2,1-3H3,(H,22,24). The van der Waals surface area contributed by atoms with Crippen molar-refractivity contribution in [3.05, 3.63) is 58.6 Å². The average Bonchev–Trinajstić information content (AvgIpc) is 2.63. The number of anilines is 2. The number of ether oxygens (including phenoxy) is 1. The number of nitrogens with zero attached hydrogens (tertiary/aromatic N) is 1. The molecule has 2 aromatic rings. The third-order valence-corrected chi connectivity index (χ3v) is 4.26. The van der Waals surface area contributed by atoms with E-state index in [1.165, 1.54) is 0 Å². The topological polar surface area (TPSA) is 58.6 Å². The Labute approximate surface area is 158 Å². The molecule has 0 spiro atoms. The average molecular weight is 375 g/mol. The van der Waals surface area contributed by atoms with Gasteiger partial charge in [0.1, 0.15) is 0 Å². The van der Waals surface area contributed by atoms with Crippen LogP contribution in [0.15, 0.2) is 42.5 Å². The summed E-state index contributed by atoms with van der Waals surface area (Å²) < 4.78 is 5.09. The van der Waals surface area contributed by atoms with E-state index in [0.717, 1.165) is 24.3 Å². The van der Waals surface area contributed by atoms with Crippen LogP contribution in [0.4, 0.5) is 11.4 Å². The van der Waals surface area contributed by atoms with Crippen molar-refractivity contribution in [3.8, 4) is 0 Å². The number of benzene rings is 2. The molecule has 0 fully saturated rings. The van der Waals surface area contributed by atoms with E-state index in [2.05, 4.69) is 24.1 Å². The van der Waals surface area contributed by atoms with Gasteiger partial charge in [-0.3, -0.25) is 4.79 Å². The predicted octanol–water partition coefficient (Wildman–Crippen LogP) is 4.29. The van der Waals surface area contributed by atoms with E-state index in [-0.39, 0.29) is 6.61 Å². The molecule has 0 aromatic heterocycles. The molecule has 0 unspecified atom stereocenters. The van der Waals surface area contributed by atoms with Gasteiger partial charge < -0.3 is 15.0 Å². The van der Waals surface area contributed by atoms with Crippen LogP contribution in [0.25, 0.3) is 0 Å². The summed E-state index contributed by atoms with van der Waals surface area (Å²) in [5, 5.41) is 3.30. The molecule has 138 valence electrons. The van der Waals surface area contributed by atoms with E-state index >= 15 is 0 Å². The van der Waals surface area contributed by atoms with Gasteiger partial charge in [0.05, 0.1) is 5.56 Å². The Morgan fingerprint density at radius 2 is 1.73 bits per heavy atom. The Kier molecular flexibility index (Phi) is 7.04. The van der Waals surface area contributed by atoms with Crippen molar-refractivity contribution in [2.45, 2.75) is 20.8 Å². The molecule has 6 heteroatoms. The summed E-state index contributed by atoms with van der Waals surface area (Å²) >= 11 is 5.89. The number of rotatable bonds is 7. The van der Waals surface area contributed by atoms with Gasteiger partial charge in [-0.05, 0) is 68.8 Å². The van der Waals surface area contributed by atoms with E-state index in [1.54, 1.807) is 30.3 Å². The second-order valence-corrected chi connectivity index (χ2v) is 6.24. The second kappa shape index (κ2) is 9.25. The molecule has 0 aliphatic heterocycles. The van der Waals surface area contributed by atoms with E-state index in [0.29, 0.717) is 16.3 Å². The minimum Gasteiger partial charge on any atom is -0.452 e. The third kappa shape index (κ3) is 5.23. The van der Waals surface area contributed by atoms with Gasteiger partial charge in [0.15, 0.2) is 6.61 Å². The molecule has 0 aliphatic rings. The van der Waals surface area contributed by atoms with Crippen LogP contribution in [-0.4, -0.2) is 31.6 Å². The number of amides is 1. The number of esters is 1. The normalized spacial score (nSPS) is 10.3. The maximum atomic E-state index is 12.1. The molecule has 0 radical (unpaired) electrons. The predicted molar refractivity (Wildman–Crippen MR) is 105 cm³/mol. The maximum Gasteiger partial charge on any atom is 0.338 e. The highest BCUT2D eigenvalue weighted by Gasteiger charge is 2.12. The monoisotopic (exact) mass is 374 g/mol. The number of halogens is 1. The Hall–Kier alpha value is -2.53. The smallest absolute Gasteiger partial charge is 0.338 e. The van der Waals surface area contributed by atoms with Crippen molar-refractivity contribution in [2.75, 3.05) is 29.9 Å². The zero-order valence-corrected chi connectivity index (χ0v) is 16.0. The van der Waals surface area contributed by atoms with Crippen LogP contribution in [0, 0.1) is 6.92 Å². The highest BCUT2D eigenvalue weighted by molar-refractivity contribution is 6.30. The quantitative estimate of drug-likeness (QED) is 0.734. The molecule has 1 amide bonds. The Bertz CT molecular complexity index is 771. The number of hydrogen-bond acceptors (Lipinski definition) is 4. The lowest BCUT2D eigenvalue weighted by molar-refractivity contribution is -0.119. The summed E-state index contributed by atoms with van der Waals surface area (Å²) in [6.07, 6.45) is 0. The van der Waals surface area contributed by atoms with Gasteiger partial charge in [-0.15, -0.1) is 0 Å². The van der Waals surface area contributed by atoms with E-state index < -0.39 is 11.9 Å². The van der Waals surface area contributed by atoms with Crippen molar-refractivity contribution in [3.63, 3.8) is 0 Å². The first kappa shape index (κ1) is 19.8. The lowest BCUT2D eigenvalue weighted by Crippen LogP contribution is -2.22. The fraction of sp³-hybridized carbons (Fsp3) is 0.300. The van der Waals surface area contributed by atoms with Crippen LogP contribution in [0.3, 0.4) is 0 Å². The Balaban J connectivity index is 1.90. The van der Waals surface area contributed by atoms with Gasteiger partial charge in [-0.1, -0.05) is 11.6 Å². The van der Waals surface area contributed by atoms with Gasteiger partial charge in [0.25, 0.3) is 5.91 Å². The van der Waals surface area contributed by atoms with E-state index in [9.17, 15) is 9.59 Å². The van der Waals surface area contributed by atoms with Crippen molar-refractivity contribution >= 4 is 34.9 Å². The molecule has 5 nitrogen and oxygen atoms in total. The van der Waals surface area contributed by atoms with E-state index in [1.807, 2.05) is 19.1 Å². The van der Waals surface area contributed by atoms with Crippen LogP contribution in [0.5, 0.6) is 0 Å². The molecular weight excluding hydrogens is 352 g/mol. The molecule has 2 aromatic carbocycles. The van der Waals surface area contributed by atoms with Gasteiger partial charge in [-0.2, -0.15) is 0 Å². The summed E-state index contributed by atoms with van der Waals surface area (Å²) in [5.74, 6) is -0.928. The Morgan fingerprint density at radius 3 is 2.31 bits per heavy atom. The minimum absolute atomic E-state index is 0.349. The van der Waals surface area contributed by atoms with Crippen molar-refractivity contribution in [2.24, 2.45) is 0 Å². The van der Waals surface area contributed by atoms with Crippen LogP contribution < -0.4 is 10.2 Å². The first-order chi connectivity index (χ1) is 12.4. The zero-order chi connectivity index (χ0) is 19.1. The number of nitrogens with one attached hydrogen (secondary N) is 1. The molecule has 26 heavy (non-hydrogen) atoms. The van der Waals surface area contributed by atoms with Gasteiger partial charge in [-0.25, -0.2) is 4.79 Å². The molecule has 0 saturated heterocycles. The summed E-state index contributed by atoms with van der Waals surface area (Å²) in [4.78, 5) is 26.3. The van der Waals surface area contributed by atoms with Crippen LogP contribution in [0.1, 0.15) is 29.8 Å². The van der Waals surface area contributed by atoms with Crippen LogP contribution >= 0.6 is 11.6 Å². The van der Waals surface area contributed by atoms with Gasteiger partial charge in [0, 0.05) is 29.5 Å². The summed E-state index contributed by atoms with van der Waals surface area (Å²) in [6.45, 7) is 7.43. The lowest BCUT2D eigenvalue weighted by atomic mass is 10.2. The third-order valence-electron chi connectivity index (χ3n) is 4.03. The molecule has 1 N–H and O–H groups in total. The van der Waals surface area contributed by atoms with Gasteiger partial charge >= 0.3 is 5.97 Å². The molecule has 0 aliphatic carbocycles. The number of aryl methyl sites for hydroxylation is 1. The molecule has 0 saturated carbocycles. The molecule has 2 rings (SSSR count). The summed E-state index contributed by atoms with van der Waals surface area (Å²) in [5.41, 5.74) is 2.93.